The molecule has 34 heavy (non-hydrogen) atoms. The summed E-state index contributed by atoms with van der Waals surface area (Å²) in [5.74, 6) is -4.50. The topological polar surface area (TPSA) is 69.2 Å². The summed E-state index contributed by atoms with van der Waals surface area (Å²) in [4.78, 5) is 22.8. The van der Waals surface area contributed by atoms with Gasteiger partial charge in [0.15, 0.2) is 0 Å². The van der Waals surface area contributed by atoms with Crippen molar-refractivity contribution in [1.82, 2.24) is 14.9 Å². The number of nitrogens with zero attached hydrogens (tertiary/aromatic N) is 3. The lowest BCUT2D eigenvalue weighted by atomic mass is 9.84. The van der Waals surface area contributed by atoms with Crippen molar-refractivity contribution in [3.8, 4) is 10.6 Å². The Labute approximate surface area is 198 Å². The molecule has 6 rings (SSSR count). The molecule has 0 radical (unpaired) electrons. The highest BCUT2D eigenvalue weighted by atomic mass is 32.1. The first-order valence-corrected chi connectivity index (χ1v) is 12.4. The zero-order chi connectivity index (χ0) is 23.7. The van der Waals surface area contributed by atoms with Crippen LogP contribution >= 0.6 is 11.3 Å². The second-order valence-corrected chi connectivity index (χ2v) is 11.0. The largest absolute Gasteiger partial charge is 0.550 e. The number of thiazole rings is 1. The Morgan fingerprint density at radius 2 is 1.94 bits per heavy atom. The van der Waals surface area contributed by atoms with Crippen LogP contribution < -0.4 is 5.11 Å². The summed E-state index contributed by atoms with van der Waals surface area (Å²) in [7, 11) is 0. The molecule has 2 aliphatic carbocycles. The highest BCUT2D eigenvalue weighted by molar-refractivity contribution is 7.21. The van der Waals surface area contributed by atoms with E-state index >= 15 is 0 Å². The fraction of sp³-hybridized carbons (Fsp3) is 0.480. The van der Waals surface area contributed by atoms with Crippen LogP contribution in [-0.4, -0.2) is 39.8 Å². The first kappa shape index (κ1) is 22.0. The number of carbonyl (C=O) groups excluding carboxylic acids is 1. The molecular formula is C25H23F3N3O2S-. The van der Waals surface area contributed by atoms with E-state index in [1.165, 1.54) is 17.4 Å². The SMILES string of the molecule is O=C([O-])C1CN(Cc2ccc(-c3nc4ccc(C5(C6CCC(F)(F)C6)CC5)nc4s3)c(F)c2)C1. The third kappa shape index (κ3) is 3.79. The Bertz CT molecular complexity index is 1280. The molecule has 3 aliphatic rings. The van der Waals surface area contributed by atoms with Gasteiger partial charge in [-0.3, -0.25) is 4.90 Å². The molecule has 1 atom stereocenters. The zero-order valence-electron chi connectivity index (χ0n) is 18.4. The molecule has 0 spiro atoms. The van der Waals surface area contributed by atoms with E-state index in [-0.39, 0.29) is 30.0 Å². The van der Waals surface area contributed by atoms with Crippen LogP contribution in [0.3, 0.4) is 0 Å². The lowest BCUT2D eigenvalue weighted by molar-refractivity contribution is -0.315. The van der Waals surface area contributed by atoms with Crippen LogP contribution in [0.5, 0.6) is 0 Å². The molecule has 1 saturated heterocycles. The Balaban J connectivity index is 1.22. The van der Waals surface area contributed by atoms with E-state index in [0.717, 1.165) is 24.1 Å². The second kappa shape index (κ2) is 7.75. The minimum absolute atomic E-state index is 0.0433. The number of aromatic nitrogens is 2. The highest BCUT2D eigenvalue weighted by Gasteiger charge is 2.57. The van der Waals surface area contributed by atoms with Gasteiger partial charge >= 0.3 is 0 Å². The van der Waals surface area contributed by atoms with Crippen LogP contribution in [0.1, 0.15) is 43.4 Å². The minimum Gasteiger partial charge on any atom is -0.550 e. The molecule has 0 N–H and O–H groups in total. The molecule has 1 unspecified atom stereocenters. The molecule has 2 saturated carbocycles. The summed E-state index contributed by atoms with van der Waals surface area (Å²) in [6.07, 6.45) is 2.19. The number of carbonyl (C=O) groups is 1. The van der Waals surface area contributed by atoms with Gasteiger partial charge in [-0.1, -0.05) is 17.4 Å². The Hall–Kier alpha value is -2.52. The molecule has 1 aromatic carbocycles. The fourth-order valence-electron chi connectivity index (χ4n) is 5.58. The molecular weight excluding hydrogens is 463 g/mol. The average molecular weight is 487 g/mol. The number of likely N-dealkylation sites (tertiary alicyclic amines) is 1. The van der Waals surface area contributed by atoms with E-state index in [4.69, 9.17) is 4.98 Å². The monoisotopic (exact) mass is 486 g/mol. The summed E-state index contributed by atoms with van der Waals surface area (Å²) >= 11 is 1.31. The van der Waals surface area contributed by atoms with Crippen molar-refractivity contribution in [3.63, 3.8) is 0 Å². The summed E-state index contributed by atoms with van der Waals surface area (Å²) in [5.41, 5.74) is 2.44. The number of hydrogen-bond acceptors (Lipinski definition) is 6. The number of benzene rings is 1. The first-order valence-electron chi connectivity index (χ1n) is 11.6. The normalized spacial score (nSPS) is 23.8. The quantitative estimate of drug-likeness (QED) is 0.524. The van der Waals surface area contributed by atoms with Gasteiger partial charge in [-0.25, -0.2) is 23.1 Å². The van der Waals surface area contributed by atoms with E-state index in [9.17, 15) is 23.1 Å². The molecule has 3 fully saturated rings. The van der Waals surface area contributed by atoms with E-state index in [0.29, 0.717) is 47.0 Å². The molecule has 3 heterocycles. The van der Waals surface area contributed by atoms with E-state index < -0.39 is 17.8 Å². The maximum atomic E-state index is 14.9. The first-order chi connectivity index (χ1) is 16.2. The van der Waals surface area contributed by atoms with Crippen LogP contribution in [0.4, 0.5) is 13.2 Å². The number of pyridine rings is 1. The van der Waals surface area contributed by atoms with Crippen molar-refractivity contribution < 1.29 is 23.1 Å². The maximum Gasteiger partial charge on any atom is 0.248 e. The van der Waals surface area contributed by atoms with Crippen molar-refractivity contribution in [2.75, 3.05) is 13.1 Å². The number of halogens is 3. The van der Waals surface area contributed by atoms with E-state index in [2.05, 4.69) is 4.98 Å². The lowest BCUT2D eigenvalue weighted by Gasteiger charge is -2.39. The predicted molar refractivity (Wildman–Crippen MR) is 120 cm³/mol. The molecule has 2 aromatic heterocycles. The van der Waals surface area contributed by atoms with Crippen molar-refractivity contribution in [3.05, 3.63) is 47.4 Å². The van der Waals surface area contributed by atoms with Gasteiger partial charge in [0.25, 0.3) is 0 Å². The van der Waals surface area contributed by atoms with Gasteiger partial charge < -0.3 is 9.90 Å². The van der Waals surface area contributed by atoms with Gasteiger partial charge in [-0.05, 0) is 55.0 Å². The van der Waals surface area contributed by atoms with Crippen molar-refractivity contribution >= 4 is 27.7 Å². The molecule has 9 heteroatoms. The van der Waals surface area contributed by atoms with Crippen LogP contribution in [0.2, 0.25) is 0 Å². The average Bonchev–Trinajstić information content (AvgIpc) is 3.32. The molecule has 5 nitrogen and oxygen atoms in total. The number of carboxylic acid groups (broad SMARTS) is 1. The smallest absolute Gasteiger partial charge is 0.248 e. The van der Waals surface area contributed by atoms with Gasteiger partial charge in [0.1, 0.15) is 21.2 Å². The van der Waals surface area contributed by atoms with Gasteiger partial charge in [0, 0.05) is 61.0 Å². The molecule has 1 aliphatic heterocycles. The minimum atomic E-state index is -2.57. The number of rotatable bonds is 6. The Kier molecular flexibility index (Phi) is 5.01. The van der Waals surface area contributed by atoms with E-state index in [1.54, 1.807) is 6.07 Å². The second-order valence-electron chi connectivity index (χ2n) is 10.0. The van der Waals surface area contributed by atoms with Crippen molar-refractivity contribution in [2.45, 2.75) is 50.0 Å². The van der Waals surface area contributed by atoms with E-state index in [1.807, 2.05) is 23.1 Å². The Morgan fingerprint density at radius 3 is 2.59 bits per heavy atom. The van der Waals surface area contributed by atoms with Gasteiger partial charge in [-0.2, -0.15) is 0 Å². The predicted octanol–water partition coefficient (Wildman–Crippen LogP) is 4.15. The summed E-state index contributed by atoms with van der Waals surface area (Å²) < 4.78 is 42.6. The Morgan fingerprint density at radius 1 is 1.15 bits per heavy atom. The van der Waals surface area contributed by atoms with Crippen LogP contribution in [0, 0.1) is 17.7 Å². The number of hydrogen-bond donors (Lipinski definition) is 0. The van der Waals surface area contributed by atoms with Gasteiger partial charge in [0.05, 0.1) is 0 Å². The fourth-order valence-corrected chi connectivity index (χ4v) is 6.54. The highest BCUT2D eigenvalue weighted by Crippen LogP contribution is 2.60. The summed E-state index contributed by atoms with van der Waals surface area (Å²) in [5, 5.41) is 11.4. The third-order valence-electron chi connectivity index (χ3n) is 7.70. The van der Waals surface area contributed by atoms with Crippen molar-refractivity contribution in [1.29, 1.82) is 0 Å². The molecule has 0 amide bonds. The van der Waals surface area contributed by atoms with Gasteiger partial charge in [-0.15, -0.1) is 0 Å². The number of fused-ring (bicyclic) bond motifs is 1. The molecule has 0 bridgehead atoms. The lowest BCUT2D eigenvalue weighted by Crippen LogP contribution is -2.53. The standard InChI is InChI=1S/C25H24F3N3O2S/c26-18-9-14(11-31-12-15(13-31)23(32)33)1-2-17(18)21-29-19-3-4-20(30-22(19)34-21)24(7-8-24)16-5-6-25(27,28)10-16/h1-4,9,15-16H,5-8,10-13H2,(H,32,33)/p-1. The molecule has 3 aromatic rings. The summed E-state index contributed by atoms with van der Waals surface area (Å²) in [6.45, 7) is 1.31. The molecule has 178 valence electrons. The number of carboxylic acids is 1. The third-order valence-corrected chi connectivity index (χ3v) is 8.70. The summed E-state index contributed by atoms with van der Waals surface area (Å²) in [6, 6.07) is 8.76. The van der Waals surface area contributed by atoms with Crippen LogP contribution in [-0.2, 0) is 16.8 Å². The van der Waals surface area contributed by atoms with Crippen LogP contribution in [0.25, 0.3) is 20.9 Å². The van der Waals surface area contributed by atoms with Crippen LogP contribution in [0.15, 0.2) is 30.3 Å². The number of aliphatic carboxylic acids is 1. The van der Waals surface area contributed by atoms with Crippen molar-refractivity contribution in [2.24, 2.45) is 11.8 Å². The maximum absolute atomic E-state index is 14.9. The number of alkyl halides is 2. The zero-order valence-corrected chi connectivity index (χ0v) is 19.2. The van der Waals surface area contributed by atoms with Gasteiger partial charge in [0.2, 0.25) is 5.92 Å².